The quantitative estimate of drug-likeness (QED) is 0.589. The monoisotopic (exact) mass is 316 g/mol. The largest absolute Gasteiger partial charge is 0.492 e. The molecule has 0 saturated heterocycles. The molecule has 0 saturated carbocycles. The molecule has 0 fully saturated rings. The van der Waals surface area contributed by atoms with Crippen molar-refractivity contribution in [1.29, 1.82) is 0 Å². The summed E-state index contributed by atoms with van der Waals surface area (Å²) in [6.07, 6.45) is 0.399. The Balaban J connectivity index is 2.46. The van der Waals surface area contributed by atoms with Crippen LogP contribution in [0.5, 0.6) is 5.75 Å². The summed E-state index contributed by atoms with van der Waals surface area (Å²) >= 11 is 0. The standard InChI is InChI=1S/C14H24N2O4S/c1-11(2)14(7-8-17)16-21(18,19)10-9-20-13-5-3-12(15)4-6-13/h3-6,11,14,16-17H,7-10,15H2,1-2H3. The first-order valence-corrected chi connectivity index (χ1v) is 8.58. The van der Waals surface area contributed by atoms with Crippen LogP contribution < -0.4 is 15.2 Å². The second-order valence-corrected chi connectivity index (χ2v) is 7.09. The van der Waals surface area contributed by atoms with Gasteiger partial charge in [-0.05, 0) is 36.6 Å². The number of nitrogen functional groups attached to an aromatic ring is 1. The average molecular weight is 316 g/mol. The van der Waals surface area contributed by atoms with Crippen LogP contribution in [0, 0.1) is 5.92 Å². The average Bonchev–Trinajstić information content (AvgIpc) is 2.40. The zero-order valence-corrected chi connectivity index (χ0v) is 13.3. The number of rotatable bonds is 9. The van der Waals surface area contributed by atoms with Crippen molar-refractivity contribution in [3.05, 3.63) is 24.3 Å². The number of benzene rings is 1. The predicted octanol–water partition coefficient (Wildman–Crippen LogP) is 0.974. The highest BCUT2D eigenvalue weighted by Gasteiger charge is 2.20. The summed E-state index contributed by atoms with van der Waals surface area (Å²) in [6.45, 7) is 3.83. The molecule has 0 radical (unpaired) electrons. The zero-order chi connectivity index (χ0) is 15.9. The van der Waals surface area contributed by atoms with Gasteiger partial charge in [0.05, 0.1) is 5.75 Å². The van der Waals surface area contributed by atoms with E-state index in [0.717, 1.165) is 0 Å². The number of nitrogens with two attached hydrogens (primary N) is 1. The molecule has 120 valence electrons. The van der Waals surface area contributed by atoms with Gasteiger partial charge in [0.25, 0.3) is 0 Å². The van der Waals surface area contributed by atoms with Gasteiger partial charge in [-0.3, -0.25) is 0 Å². The Morgan fingerprint density at radius 3 is 2.43 bits per heavy atom. The Bertz CT molecular complexity index is 514. The van der Waals surface area contributed by atoms with E-state index in [2.05, 4.69) is 4.72 Å². The van der Waals surface area contributed by atoms with E-state index in [4.69, 9.17) is 15.6 Å². The fourth-order valence-corrected chi connectivity index (χ4v) is 3.06. The molecule has 1 aromatic rings. The first-order valence-electron chi connectivity index (χ1n) is 6.93. The van der Waals surface area contributed by atoms with Gasteiger partial charge in [-0.25, -0.2) is 13.1 Å². The van der Waals surface area contributed by atoms with Gasteiger partial charge in [0.15, 0.2) is 0 Å². The third kappa shape index (κ3) is 6.79. The summed E-state index contributed by atoms with van der Waals surface area (Å²) < 4.78 is 31.9. The van der Waals surface area contributed by atoms with E-state index >= 15 is 0 Å². The normalized spacial score (nSPS) is 13.3. The van der Waals surface area contributed by atoms with Crippen LogP contribution in [0.2, 0.25) is 0 Å². The highest BCUT2D eigenvalue weighted by Crippen LogP contribution is 2.13. The second kappa shape index (κ2) is 8.21. The molecule has 0 aliphatic rings. The highest BCUT2D eigenvalue weighted by molar-refractivity contribution is 7.89. The minimum absolute atomic E-state index is 0.0483. The third-order valence-corrected chi connectivity index (χ3v) is 4.44. The van der Waals surface area contributed by atoms with Crippen LogP contribution in [0.1, 0.15) is 20.3 Å². The van der Waals surface area contributed by atoms with Gasteiger partial charge in [0.1, 0.15) is 12.4 Å². The van der Waals surface area contributed by atoms with Gasteiger partial charge >= 0.3 is 0 Å². The van der Waals surface area contributed by atoms with Crippen LogP contribution in [0.4, 0.5) is 5.69 Å². The van der Waals surface area contributed by atoms with Crippen LogP contribution in [0.25, 0.3) is 0 Å². The maximum absolute atomic E-state index is 12.0. The molecule has 1 unspecified atom stereocenters. The Morgan fingerprint density at radius 1 is 1.29 bits per heavy atom. The van der Waals surface area contributed by atoms with Gasteiger partial charge in [-0.2, -0.15) is 0 Å². The van der Waals surface area contributed by atoms with Crippen molar-refractivity contribution in [1.82, 2.24) is 4.72 Å². The fourth-order valence-electron chi connectivity index (χ4n) is 1.79. The van der Waals surface area contributed by atoms with Crippen molar-refractivity contribution in [2.45, 2.75) is 26.3 Å². The maximum Gasteiger partial charge on any atom is 0.215 e. The smallest absolute Gasteiger partial charge is 0.215 e. The Kier molecular flexibility index (Phi) is 6.94. The Morgan fingerprint density at radius 2 is 1.90 bits per heavy atom. The summed E-state index contributed by atoms with van der Waals surface area (Å²) in [6, 6.07) is 6.50. The lowest BCUT2D eigenvalue weighted by Crippen LogP contribution is -2.41. The topological polar surface area (TPSA) is 102 Å². The molecule has 7 heteroatoms. The van der Waals surface area contributed by atoms with E-state index in [9.17, 15) is 8.42 Å². The predicted molar refractivity (Wildman–Crippen MR) is 83.6 cm³/mol. The molecule has 1 aromatic carbocycles. The van der Waals surface area contributed by atoms with Crippen LogP contribution in [0.3, 0.4) is 0 Å². The van der Waals surface area contributed by atoms with Gasteiger partial charge in [0.2, 0.25) is 10.0 Å². The van der Waals surface area contributed by atoms with E-state index < -0.39 is 10.0 Å². The minimum Gasteiger partial charge on any atom is -0.492 e. The number of hydrogen-bond acceptors (Lipinski definition) is 5. The van der Waals surface area contributed by atoms with Crippen molar-refractivity contribution in [2.75, 3.05) is 24.7 Å². The molecule has 1 rings (SSSR count). The molecular formula is C14H24N2O4S. The van der Waals surface area contributed by atoms with Crippen LogP contribution >= 0.6 is 0 Å². The van der Waals surface area contributed by atoms with Gasteiger partial charge in [0, 0.05) is 18.3 Å². The number of anilines is 1. The van der Waals surface area contributed by atoms with Crippen molar-refractivity contribution < 1.29 is 18.3 Å². The number of ether oxygens (including phenoxy) is 1. The van der Waals surface area contributed by atoms with E-state index in [1.165, 1.54) is 0 Å². The van der Waals surface area contributed by atoms with Crippen LogP contribution in [-0.2, 0) is 10.0 Å². The summed E-state index contributed by atoms with van der Waals surface area (Å²) in [7, 11) is -3.44. The van der Waals surface area contributed by atoms with E-state index in [1.807, 2.05) is 13.8 Å². The zero-order valence-electron chi connectivity index (χ0n) is 12.5. The van der Waals surface area contributed by atoms with E-state index in [1.54, 1.807) is 24.3 Å². The first-order chi connectivity index (χ1) is 9.84. The van der Waals surface area contributed by atoms with Crippen molar-refractivity contribution in [2.24, 2.45) is 5.92 Å². The van der Waals surface area contributed by atoms with Gasteiger partial charge < -0.3 is 15.6 Å². The summed E-state index contributed by atoms with van der Waals surface area (Å²) in [5, 5.41) is 8.96. The molecule has 21 heavy (non-hydrogen) atoms. The van der Waals surface area contributed by atoms with Crippen molar-refractivity contribution in [3.8, 4) is 5.75 Å². The molecular weight excluding hydrogens is 292 g/mol. The molecule has 0 spiro atoms. The Hall–Kier alpha value is -1.31. The first kappa shape index (κ1) is 17.7. The number of aliphatic hydroxyl groups is 1. The number of aliphatic hydroxyl groups excluding tert-OH is 1. The number of nitrogens with one attached hydrogen (secondary N) is 1. The van der Waals surface area contributed by atoms with Gasteiger partial charge in [-0.1, -0.05) is 13.8 Å². The molecule has 0 aliphatic carbocycles. The van der Waals surface area contributed by atoms with Crippen LogP contribution in [-0.4, -0.2) is 38.5 Å². The summed E-state index contributed by atoms with van der Waals surface area (Å²) in [5.74, 6) is 0.562. The third-order valence-electron chi connectivity index (χ3n) is 3.08. The number of sulfonamides is 1. The lowest BCUT2D eigenvalue weighted by atomic mass is 10.0. The molecule has 0 aliphatic heterocycles. The lowest BCUT2D eigenvalue weighted by molar-refractivity contribution is 0.255. The molecule has 0 heterocycles. The minimum atomic E-state index is -3.44. The summed E-state index contributed by atoms with van der Waals surface area (Å²) in [5.41, 5.74) is 6.18. The second-order valence-electron chi connectivity index (χ2n) is 5.22. The van der Waals surface area contributed by atoms with E-state index in [-0.39, 0.29) is 30.9 Å². The van der Waals surface area contributed by atoms with Crippen LogP contribution in [0.15, 0.2) is 24.3 Å². The highest BCUT2D eigenvalue weighted by atomic mass is 32.2. The molecule has 1 atom stereocenters. The van der Waals surface area contributed by atoms with Crippen molar-refractivity contribution >= 4 is 15.7 Å². The molecule has 4 N–H and O–H groups in total. The molecule has 6 nitrogen and oxygen atoms in total. The lowest BCUT2D eigenvalue weighted by Gasteiger charge is -2.21. The fraction of sp³-hybridized carbons (Fsp3) is 0.571. The van der Waals surface area contributed by atoms with Crippen molar-refractivity contribution in [3.63, 3.8) is 0 Å². The van der Waals surface area contributed by atoms with E-state index in [0.29, 0.717) is 17.9 Å². The Labute approximate surface area is 126 Å². The maximum atomic E-state index is 12.0. The molecule has 0 aromatic heterocycles. The number of hydrogen-bond donors (Lipinski definition) is 3. The summed E-state index contributed by atoms with van der Waals surface area (Å²) in [4.78, 5) is 0. The molecule has 0 amide bonds. The molecule has 0 bridgehead atoms. The van der Waals surface area contributed by atoms with Gasteiger partial charge in [-0.15, -0.1) is 0 Å². The SMILES string of the molecule is CC(C)C(CCO)NS(=O)(=O)CCOc1ccc(N)cc1.